The van der Waals surface area contributed by atoms with Crippen LogP contribution in [0.3, 0.4) is 0 Å². The van der Waals surface area contributed by atoms with E-state index in [1.165, 1.54) is 17.9 Å². The van der Waals surface area contributed by atoms with Crippen LogP contribution in [0.2, 0.25) is 0 Å². The molecule has 0 radical (unpaired) electrons. The maximum atomic E-state index is 13.0. The number of hydrogen-bond donors (Lipinski definition) is 1. The number of carbonyl (C=O) groups is 2. The summed E-state index contributed by atoms with van der Waals surface area (Å²) in [6.45, 7) is 3.57. The molecule has 7 heteroatoms. The van der Waals surface area contributed by atoms with Crippen LogP contribution < -0.4 is 4.74 Å². The summed E-state index contributed by atoms with van der Waals surface area (Å²) in [6.07, 6.45) is -1.10. The third-order valence-corrected chi connectivity index (χ3v) is 2.84. The van der Waals surface area contributed by atoms with Crippen LogP contribution >= 0.6 is 0 Å². The first-order chi connectivity index (χ1) is 9.85. The molecule has 0 heterocycles. The van der Waals surface area contributed by atoms with Gasteiger partial charge in [0.25, 0.3) is 5.91 Å². The third kappa shape index (κ3) is 5.02. The molecule has 0 aliphatic heterocycles. The van der Waals surface area contributed by atoms with Crippen LogP contribution in [0, 0.1) is 11.6 Å². The maximum Gasteiger partial charge on any atom is 0.305 e. The Balaban J connectivity index is 2.67. The van der Waals surface area contributed by atoms with E-state index in [2.05, 4.69) is 0 Å². The minimum atomic E-state index is -1.06. The van der Waals surface area contributed by atoms with Gasteiger partial charge in [-0.25, -0.2) is 8.78 Å². The van der Waals surface area contributed by atoms with Crippen molar-refractivity contribution in [2.24, 2.45) is 0 Å². The Hall–Kier alpha value is -2.18. The van der Waals surface area contributed by atoms with Gasteiger partial charge in [0, 0.05) is 19.2 Å². The van der Waals surface area contributed by atoms with Gasteiger partial charge in [-0.15, -0.1) is 0 Å². The van der Waals surface area contributed by atoms with Crippen molar-refractivity contribution in [2.75, 3.05) is 13.1 Å². The molecule has 1 N–H and O–H groups in total. The van der Waals surface area contributed by atoms with Crippen molar-refractivity contribution in [3.63, 3.8) is 0 Å². The largest absolute Gasteiger partial charge is 0.481 e. The highest BCUT2D eigenvalue weighted by molar-refractivity contribution is 5.81. The van der Waals surface area contributed by atoms with E-state index in [0.717, 1.165) is 12.1 Å². The van der Waals surface area contributed by atoms with Crippen molar-refractivity contribution in [1.29, 1.82) is 0 Å². The van der Waals surface area contributed by atoms with Crippen LogP contribution in [0.4, 0.5) is 8.78 Å². The second kappa shape index (κ2) is 7.56. The van der Waals surface area contributed by atoms with E-state index in [0.29, 0.717) is 6.54 Å². The number of carbonyl (C=O) groups excluding carboxylic acids is 1. The molecule has 1 aromatic carbocycles. The molecule has 0 aliphatic carbocycles. The second-order valence-corrected chi connectivity index (χ2v) is 4.40. The topological polar surface area (TPSA) is 66.8 Å². The minimum Gasteiger partial charge on any atom is -0.481 e. The number of likely N-dealkylation sites (N-methyl/N-ethyl adjacent to an activating group) is 1. The van der Waals surface area contributed by atoms with Gasteiger partial charge in [0.15, 0.2) is 17.7 Å². The monoisotopic (exact) mass is 301 g/mol. The molecule has 0 aliphatic rings. The van der Waals surface area contributed by atoms with E-state index in [-0.39, 0.29) is 18.7 Å². The fourth-order valence-corrected chi connectivity index (χ4v) is 1.72. The Kier molecular flexibility index (Phi) is 6.08. The Morgan fingerprint density at radius 1 is 1.33 bits per heavy atom. The Labute approximate surface area is 121 Å². The molecule has 1 unspecified atom stereocenters. The summed E-state index contributed by atoms with van der Waals surface area (Å²) < 4.78 is 31.1. The number of halogens is 2. The van der Waals surface area contributed by atoms with Gasteiger partial charge in [0.2, 0.25) is 0 Å². The zero-order valence-corrected chi connectivity index (χ0v) is 11.8. The predicted molar refractivity (Wildman–Crippen MR) is 71.0 cm³/mol. The van der Waals surface area contributed by atoms with Gasteiger partial charge < -0.3 is 14.7 Å². The second-order valence-electron chi connectivity index (χ2n) is 4.40. The van der Waals surface area contributed by atoms with E-state index < -0.39 is 29.6 Å². The summed E-state index contributed by atoms with van der Waals surface area (Å²) in [5.41, 5.74) is 0. The quantitative estimate of drug-likeness (QED) is 0.837. The maximum absolute atomic E-state index is 13.0. The SMILES string of the molecule is CCN(CCC(=O)O)C(=O)C(C)Oc1ccc(F)c(F)c1. The molecule has 0 saturated carbocycles. The molecule has 1 aromatic rings. The number of nitrogens with zero attached hydrogens (tertiary/aromatic N) is 1. The Morgan fingerprint density at radius 2 is 2.00 bits per heavy atom. The Morgan fingerprint density at radius 3 is 2.52 bits per heavy atom. The normalized spacial score (nSPS) is 11.8. The first-order valence-electron chi connectivity index (χ1n) is 6.47. The highest BCUT2D eigenvalue weighted by Crippen LogP contribution is 2.17. The van der Waals surface area contributed by atoms with Crippen LogP contribution in [-0.2, 0) is 9.59 Å². The van der Waals surface area contributed by atoms with Crippen LogP contribution in [0.15, 0.2) is 18.2 Å². The van der Waals surface area contributed by atoms with Crippen molar-refractivity contribution in [3.8, 4) is 5.75 Å². The molecule has 1 rings (SSSR count). The fraction of sp³-hybridized carbons (Fsp3) is 0.429. The highest BCUT2D eigenvalue weighted by Gasteiger charge is 2.21. The standard InChI is InChI=1S/C14H17F2NO4/c1-3-17(7-6-13(18)19)14(20)9(2)21-10-4-5-11(15)12(16)8-10/h4-5,8-9H,3,6-7H2,1-2H3,(H,18,19). The molecule has 1 amide bonds. The first kappa shape index (κ1) is 16.9. The molecule has 5 nitrogen and oxygen atoms in total. The summed E-state index contributed by atoms with van der Waals surface area (Å²) >= 11 is 0. The van der Waals surface area contributed by atoms with Crippen molar-refractivity contribution < 1.29 is 28.2 Å². The first-order valence-corrected chi connectivity index (χ1v) is 6.47. The van der Waals surface area contributed by atoms with E-state index >= 15 is 0 Å². The lowest BCUT2D eigenvalue weighted by Crippen LogP contribution is -2.41. The lowest BCUT2D eigenvalue weighted by atomic mass is 10.3. The molecule has 0 bridgehead atoms. The van der Waals surface area contributed by atoms with E-state index in [4.69, 9.17) is 9.84 Å². The molecule has 0 saturated heterocycles. The van der Waals surface area contributed by atoms with E-state index in [1.807, 2.05) is 0 Å². The van der Waals surface area contributed by atoms with Crippen LogP contribution in [0.25, 0.3) is 0 Å². The highest BCUT2D eigenvalue weighted by atomic mass is 19.2. The number of rotatable bonds is 7. The average molecular weight is 301 g/mol. The number of carboxylic acids is 1. The van der Waals surface area contributed by atoms with Gasteiger partial charge in [-0.1, -0.05) is 0 Å². The van der Waals surface area contributed by atoms with Crippen LogP contribution in [0.1, 0.15) is 20.3 Å². The molecule has 0 fully saturated rings. The number of ether oxygens (including phenoxy) is 1. The molecular formula is C14H17F2NO4. The zero-order valence-electron chi connectivity index (χ0n) is 11.8. The fourth-order valence-electron chi connectivity index (χ4n) is 1.72. The smallest absolute Gasteiger partial charge is 0.305 e. The van der Waals surface area contributed by atoms with Crippen molar-refractivity contribution in [3.05, 3.63) is 29.8 Å². The number of benzene rings is 1. The van der Waals surface area contributed by atoms with Crippen LogP contribution in [0.5, 0.6) is 5.75 Å². The number of hydrogen-bond acceptors (Lipinski definition) is 3. The lowest BCUT2D eigenvalue weighted by molar-refractivity contribution is -0.140. The summed E-state index contributed by atoms with van der Waals surface area (Å²) in [5.74, 6) is -3.45. The molecule has 0 spiro atoms. The Bertz CT molecular complexity index is 522. The summed E-state index contributed by atoms with van der Waals surface area (Å²) in [6, 6.07) is 2.98. The van der Waals surface area contributed by atoms with Gasteiger partial charge in [-0.05, 0) is 26.0 Å². The number of carboxylic acid groups (broad SMARTS) is 1. The van der Waals surface area contributed by atoms with Gasteiger partial charge in [0.1, 0.15) is 5.75 Å². The molecular weight excluding hydrogens is 284 g/mol. The summed E-state index contributed by atoms with van der Waals surface area (Å²) in [4.78, 5) is 23.9. The van der Waals surface area contributed by atoms with E-state index in [1.54, 1.807) is 6.92 Å². The van der Waals surface area contributed by atoms with Crippen LogP contribution in [-0.4, -0.2) is 41.1 Å². The number of aliphatic carboxylic acids is 1. The zero-order chi connectivity index (χ0) is 16.0. The average Bonchev–Trinajstić information content (AvgIpc) is 2.43. The molecule has 1 atom stereocenters. The molecule has 116 valence electrons. The van der Waals surface area contributed by atoms with Gasteiger partial charge in [-0.3, -0.25) is 9.59 Å². The number of amides is 1. The molecule has 21 heavy (non-hydrogen) atoms. The van der Waals surface area contributed by atoms with E-state index in [9.17, 15) is 18.4 Å². The third-order valence-electron chi connectivity index (χ3n) is 2.84. The van der Waals surface area contributed by atoms with Crippen molar-refractivity contribution >= 4 is 11.9 Å². The molecule has 0 aromatic heterocycles. The summed E-state index contributed by atoms with van der Waals surface area (Å²) in [5, 5.41) is 8.62. The van der Waals surface area contributed by atoms with Gasteiger partial charge in [-0.2, -0.15) is 0 Å². The van der Waals surface area contributed by atoms with Crippen molar-refractivity contribution in [1.82, 2.24) is 4.90 Å². The summed E-state index contributed by atoms with van der Waals surface area (Å²) in [7, 11) is 0. The minimum absolute atomic E-state index is 0.0315. The van der Waals surface area contributed by atoms with Crippen molar-refractivity contribution in [2.45, 2.75) is 26.4 Å². The van der Waals surface area contributed by atoms with Gasteiger partial charge >= 0.3 is 5.97 Å². The lowest BCUT2D eigenvalue weighted by Gasteiger charge is -2.24. The predicted octanol–water partition coefficient (Wildman–Crippen LogP) is 2.06. The van der Waals surface area contributed by atoms with Gasteiger partial charge in [0.05, 0.1) is 6.42 Å².